The first-order valence-corrected chi connectivity index (χ1v) is 4.03. The topological polar surface area (TPSA) is 59.7 Å². The van der Waals surface area contributed by atoms with Crippen molar-refractivity contribution >= 4 is 5.97 Å². The molecular formula is C9H12O4. The van der Waals surface area contributed by atoms with Gasteiger partial charge in [-0.15, -0.1) is 0 Å². The van der Waals surface area contributed by atoms with Gasteiger partial charge < -0.3 is 14.3 Å². The molecule has 0 saturated heterocycles. The molecule has 1 rings (SSSR count). The molecule has 13 heavy (non-hydrogen) atoms. The summed E-state index contributed by atoms with van der Waals surface area (Å²) in [6, 6.07) is 0. The zero-order valence-corrected chi connectivity index (χ0v) is 7.61. The molecule has 4 nitrogen and oxygen atoms in total. The van der Waals surface area contributed by atoms with E-state index in [0.717, 1.165) is 0 Å². The minimum Gasteiger partial charge on any atom is -0.471 e. The SMILES string of the molecule is CCC(O)c1cocc1C(=O)OC. The van der Waals surface area contributed by atoms with Crippen LogP contribution in [0.4, 0.5) is 0 Å². The van der Waals surface area contributed by atoms with Gasteiger partial charge >= 0.3 is 5.97 Å². The number of hydrogen-bond donors (Lipinski definition) is 1. The normalized spacial score (nSPS) is 12.5. The van der Waals surface area contributed by atoms with E-state index in [4.69, 9.17) is 4.42 Å². The van der Waals surface area contributed by atoms with Gasteiger partial charge in [-0.1, -0.05) is 6.92 Å². The van der Waals surface area contributed by atoms with Crippen LogP contribution in [0.1, 0.15) is 35.4 Å². The van der Waals surface area contributed by atoms with Gasteiger partial charge in [0.2, 0.25) is 0 Å². The van der Waals surface area contributed by atoms with E-state index in [1.54, 1.807) is 0 Å². The summed E-state index contributed by atoms with van der Waals surface area (Å²) in [6.45, 7) is 1.82. The molecule has 0 saturated carbocycles. The van der Waals surface area contributed by atoms with Crippen LogP contribution >= 0.6 is 0 Å². The van der Waals surface area contributed by atoms with Crippen molar-refractivity contribution in [3.63, 3.8) is 0 Å². The lowest BCUT2D eigenvalue weighted by Gasteiger charge is -2.05. The van der Waals surface area contributed by atoms with Crippen LogP contribution in [0.5, 0.6) is 0 Å². The van der Waals surface area contributed by atoms with Gasteiger partial charge in [-0.05, 0) is 6.42 Å². The molecule has 0 radical (unpaired) electrons. The van der Waals surface area contributed by atoms with Crippen LogP contribution in [0.2, 0.25) is 0 Å². The Hall–Kier alpha value is -1.29. The molecule has 72 valence electrons. The first-order valence-electron chi connectivity index (χ1n) is 4.03. The highest BCUT2D eigenvalue weighted by atomic mass is 16.5. The quantitative estimate of drug-likeness (QED) is 0.723. The average Bonchev–Trinajstić information content (AvgIpc) is 2.63. The van der Waals surface area contributed by atoms with Gasteiger partial charge in [0.1, 0.15) is 11.8 Å². The van der Waals surface area contributed by atoms with Crippen molar-refractivity contribution in [3.8, 4) is 0 Å². The maximum Gasteiger partial charge on any atom is 0.341 e. The third kappa shape index (κ3) is 1.89. The highest BCUT2D eigenvalue weighted by molar-refractivity contribution is 5.90. The number of aliphatic hydroxyl groups excluding tert-OH is 1. The zero-order valence-electron chi connectivity index (χ0n) is 7.61. The average molecular weight is 184 g/mol. The molecule has 0 aliphatic carbocycles. The summed E-state index contributed by atoms with van der Waals surface area (Å²) in [6.07, 6.45) is 2.50. The van der Waals surface area contributed by atoms with Crippen molar-refractivity contribution in [2.24, 2.45) is 0 Å². The van der Waals surface area contributed by atoms with Crippen molar-refractivity contribution < 1.29 is 19.1 Å². The highest BCUT2D eigenvalue weighted by Crippen LogP contribution is 2.22. The van der Waals surface area contributed by atoms with E-state index in [0.29, 0.717) is 12.0 Å². The number of carbonyl (C=O) groups is 1. The number of hydrogen-bond acceptors (Lipinski definition) is 4. The lowest BCUT2D eigenvalue weighted by molar-refractivity contribution is 0.0593. The van der Waals surface area contributed by atoms with E-state index in [9.17, 15) is 9.90 Å². The van der Waals surface area contributed by atoms with Gasteiger partial charge in [0.15, 0.2) is 0 Å². The molecule has 1 heterocycles. The highest BCUT2D eigenvalue weighted by Gasteiger charge is 2.18. The molecule has 1 N–H and O–H groups in total. The van der Waals surface area contributed by atoms with Gasteiger partial charge in [-0.25, -0.2) is 4.79 Å². The predicted molar refractivity (Wildman–Crippen MR) is 45.3 cm³/mol. The fourth-order valence-corrected chi connectivity index (χ4v) is 1.06. The molecule has 0 bridgehead atoms. The van der Waals surface area contributed by atoms with Crippen LogP contribution in [-0.4, -0.2) is 18.2 Å². The molecule has 0 aromatic carbocycles. The Bertz CT molecular complexity index is 290. The first kappa shape index (κ1) is 9.80. The maximum atomic E-state index is 11.1. The van der Waals surface area contributed by atoms with Crippen LogP contribution in [0.25, 0.3) is 0 Å². The van der Waals surface area contributed by atoms with Crippen molar-refractivity contribution in [1.82, 2.24) is 0 Å². The predicted octanol–water partition coefficient (Wildman–Crippen LogP) is 1.51. The second kappa shape index (κ2) is 4.09. The number of furan rings is 1. The Kier molecular flexibility index (Phi) is 3.08. The summed E-state index contributed by atoms with van der Waals surface area (Å²) in [5.74, 6) is -0.490. The Morgan fingerprint density at radius 3 is 2.92 bits per heavy atom. The van der Waals surface area contributed by atoms with Crippen LogP contribution in [0, 0.1) is 0 Å². The smallest absolute Gasteiger partial charge is 0.341 e. The molecule has 1 aromatic rings. The Morgan fingerprint density at radius 2 is 2.38 bits per heavy atom. The van der Waals surface area contributed by atoms with Gasteiger partial charge in [0, 0.05) is 5.56 Å². The van der Waals surface area contributed by atoms with Crippen molar-refractivity contribution in [2.45, 2.75) is 19.4 Å². The second-order valence-corrected chi connectivity index (χ2v) is 2.66. The van der Waals surface area contributed by atoms with E-state index in [-0.39, 0.29) is 5.56 Å². The third-order valence-corrected chi connectivity index (χ3v) is 1.84. The largest absolute Gasteiger partial charge is 0.471 e. The number of esters is 1. The maximum absolute atomic E-state index is 11.1. The van der Waals surface area contributed by atoms with Crippen molar-refractivity contribution in [2.75, 3.05) is 7.11 Å². The Labute approximate surface area is 76.1 Å². The van der Waals surface area contributed by atoms with E-state index < -0.39 is 12.1 Å². The minimum atomic E-state index is -0.673. The fraction of sp³-hybridized carbons (Fsp3) is 0.444. The molecule has 1 atom stereocenters. The van der Waals surface area contributed by atoms with E-state index >= 15 is 0 Å². The minimum absolute atomic E-state index is 0.289. The number of ether oxygens (including phenoxy) is 1. The van der Waals surface area contributed by atoms with Crippen LogP contribution in [0.3, 0.4) is 0 Å². The van der Waals surface area contributed by atoms with Gasteiger partial charge in [0.25, 0.3) is 0 Å². The van der Waals surface area contributed by atoms with Gasteiger partial charge in [0.05, 0.1) is 19.5 Å². The molecular weight excluding hydrogens is 172 g/mol. The zero-order chi connectivity index (χ0) is 9.84. The fourth-order valence-electron chi connectivity index (χ4n) is 1.06. The molecule has 0 spiro atoms. The Morgan fingerprint density at radius 1 is 1.69 bits per heavy atom. The van der Waals surface area contributed by atoms with E-state index in [1.807, 2.05) is 6.92 Å². The molecule has 4 heteroatoms. The second-order valence-electron chi connectivity index (χ2n) is 2.66. The molecule has 1 aromatic heterocycles. The monoisotopic (exact) mass is 184 g/mol. The van der Waals surface area contributed by atoms with Crippen LogP contribution < -0.4 is 0 Å². The Balaban J connectivity index is 2.95. The van der Waals surface area contributed by atoms with Crippen LogP contribution in [-0.2, 0) is 4.74 Å². The standard InChI is InChI=1S/C9H12O4/c1-3-8(10)6-4-13-5-7(6)9(11)12-2/h4-5,8,10H,3H2,1-2H3. The van der Waals surface area contributed by atoms with E-state index in [2.05, 4.69) is 4.74 Å². The van der Waals surface area contributed by atoms with Gasteiger partial charge in [-0.3, -0.25) is 0 Å². The molecule has 0 aliphatic heterocycles. The lowest BCUT2D eigenvalue weighted by Crippen LogP contribution is -2.05. The molecule has 0 aliphatic rings. The number of rotatable bonds is 3. The third-order valence-electron chi connectivity index (χ3n) is 1.84. The summed E-state index contributed by atoms with van der Waals surface area (Å²) in [5.41, 5.74) is 0.770. The van der Waals surface area contributed by atoms with Crippen molar-refractivity contribution in [3.05, 3.63) is 23.7 Å². The number of methoxy groups -OCH3 is 1. The number of aliphatic hydroxyl groups is 1. The summed E-state index contributed by atoms with van der Waals surface area (Å²) < 4.78 is 9.35. The lowest BCUT2D eigenvalue weighted by atomic mass is 10.1. The van der Waals surface area contributed by atoms with Gasteiger partial charge in [-0.2, -0.15) is 0 Å². The summed E-state index contributed by atoms with van der Waals surface area (Å²) in [5, 5.41) is 9.48. The summed E-state index contributed by atoms with van der Waals surface area (Å²) >= 11 is 0. The molecule has 0 amide bonds. The first-order chi connectivity index (χ1) is 6.20. The van der Waals surface area contributed by atoms with Crippen molar-refractivity contribution in [1.29, 1.82) is 0 Å². The summed E-state index contributed by atoms with van der Waals surface area (Å²) in [4.78, 5) is 11.1. The van der Waals surface area contributed by atoms with Crippen LogP contribution in [0.15, 0.2) is 16.9 Å². The number of carbonyl (C=O) groups excluding carboxylic acids is 1. The molecule has 1 unspecified atom stereocenters. The molecule has 0 fully saturated rings. The summed E-state index contributed by atoms with van der Waals surface area (Å²) in [7, 11) is 1.29. The van der Waals surface area contributed by atoms with E-state index in [1.165, 1.54) is 19.6 Å².